The van der Waals surface area contributed by atoms with Crippen LogP contribution in [-0.4, -0.2) is 122 Å². The molecule has 2 saturated heterocycles. The summed E-state index contributed by atoms with van der Waals surface area (Å²) in [4.78, 5) is 94.9. The summed E-state index contributed by atoms with van der Waals surface area (Å²) in [5.74, 6) is -5.43. The number of hydrogen-bond donors (Lipinski definition) is 1. The molecule has 374 valence electrons. The highest BCUT2D eigenvalue weighted by Crippen LogP contribution is 2.37. The van der Waals surface area contributed by atoms with E-state index in [1.54, 1.807) is 145 Å². The quantitative estimate of drug-likeness (QED) is 0.191. The molecule has 18 heteroatoms. The number of rotatable bonds is 11. The van der Waals surface area contributed by atoms with Crippen molar-refractivity contribution in [2.45, 2.75) is 207 Å². The maximum atomic E-state index is 13.8. The Balaban J connectivity index is 2.91. The third-order valence-electron chi connectivity index (χ3n) is 9.75. The minimum atomic E-state index is -2.00. The minimum Gasteiger partial charge on any atom is -0.462 e. The largest absolute Gasteiger partial charge is 0.462 e. The van der Waals surface area contributed by atoms with E-state index in [0.29, 0.717) is 0 Å². The molecule has 0 bridgehead atoms. The van der Waals surface area contributed by atoms with Gasteiger partial charge in [-0.1, -0.05) is 0 Å². The average Bonchev–Trinajstić information content (AvgIpc) is 3.10. The van der Waals surface area contributed by atoms with Gasteiger partial charge in [0.25, 0.3) is 0 Å². The van der Waals surface area contributed by atoms with Gasteiger partial charge in [-0.2, -0.15) is 0 Å². The Labute approximate surface area is 385 Å². The highest BCUT2D eigenvalue weighted by molar-refractivity contribution is 5.79. The lowest BCUT2D eigenvalue weighted by molar-refractivity contribution is -0.333. The van der Waals surface area contributed by atoms with Gasteiger partial charge < -0.3 is 52.5 Å². The van der Waals surface area contributed by atoms with E-state index in [0.717, 1.165) is 0 Å². The second-order valence-corrected chi connectivity index (χ2v) is 24.0. The molecule has 0 aromatic carbocycles. The summed E-state index contributed by atoms with van der Waals surface area (Å²) in [6, 6.07) is 0. The van der Waals surface area contributed by atoms with Crippen LogP contribution >= 0.6 is 0 Å². The first kappa shape index (κ1) is 57.3. The zero-order valence-electron chi connectivity index (χ0n) is 42.6. The molecular formula is C47H78O18. The van der Waals surface area contributed by atoms with Gasteiger partial charge in [-0.05, 0) is 145 Å². The number of carbonyl (C=O) groups is 7. The van der Waals surface area contributed by atoms with Crippen LogP contribution in [0.3, 0.4) is 0 Å². The Morgan fingerprint density at radius 3 is 0.938 bits per heavy atom. The van der Waals surface area contributed by atoms with Crippen LogP contribution in [0.1, 0.15) is 145 Å². The average molecular weight is 931 g/mol. The van der Waals surface area contributed by atoms with E-state index in [2.05, 4.69) is 0 Å². The molecule has 10 atom stereocenters. The topological polar surface area (TPSA) is 232 Å². The van der Waals surface area contributed by atoms with Gasteiger partial charge in [-0.25, -0.2) is 0 Å². The summed E-state index contributed by atoms with van der Waals surface area (Å²) in [6.45, 7) is 32.0. The van der Waals surface area contributed by atoms with E-state index >= 15 is 0 Å². The summed E-state index contributed by atoms with van der Waals surface area (Å²) in [6.07, 6.45) is -16.7. The molecule has 2 aliphatic heterocycles. The monoisotopic (exact) mass is 931 g/mol. The fourth-order valence-corrected chi connectivity index (χ4v) is 5.35. The van der Waals surface area contributed by atoms with Gasteiger partial charge >= 0.3 is 41.8 Å². The van der Waals surface area contributed by atoms with Crippen LogP contribution in [0.2, 0.25) is 0 Å². The van der Waals surface area contributed by atoms with Gasteiger partial charge in [0.1, 0.15) is 18.8 Å². The minimum absolute atomic E-state index is 0.572. The summed E-state index contributed by atoms with van der Waals surface area (Å²) in [5.41, 5.74) is -7.79. The zero-order chi connectivity index (χ0) is 50.8. The van der Waals surface area contributed by atoms with Crippen molar-refractivity contribution in [1.82, 2.24) is 0 Å². The SMILES string of the molecule is CC(C)(C)C(=O)OC[C@H]1O[C@@H](OC[C@H]2O[C@@H](O)[C@H](OC(=O)C(C)(C)C)[C@@H](OC(=O)C(C)(C)C)[C@@H]2OC(=O)C(C)(C)C)[C@H](OC(=O)C(C)(C)C)[C@@H](OC(=O)C(C)(C)C)[C@@H]1OC(=O)C(C)(C)C. The molecule has 0 spiro atoms. The van der Waals surface area contributed by atoms with Crippen molar-refractivity contribution in [3.8, 4) is 0 Å². The Kier molecular flexibility index (Phi) is 18.1. The Bertz CT molecular complexity index is 1720. The van der Waals surface area contributed by atoms with Crippen LogP contribution in [0, 0.1) is 37.9 Å². The molecule has 2 rings (SSSR count). The third-order valence-corrected chi connectivity index (χ3v) is 9.75. The van der Waals surface area contributed by atoms with Crippen molar-refractivity contribution in [2.24, 2.45) is 37.9 Å². The van der Waals surface area contributed by atoms with Crippen LogP contribution in [0.5, 0.6) is 0 Å². The number of hydrogen-bond acceptors (Lipinski definition) is 18. The molecule has 0 radical (unpaired) electrons. The molecule has 1 N–H and O–H groups in total. The first-order valence-electron chi connectivity index (χ1n) is 22.0. The normalized spacial score (nSPS) is 27.1. The fourth-order valence-electron chi connectivity index (χ4n) is 5.35. The number of esters is 7. The third kappa shape index (κ3) is 16.2. The molecule has 2 heterocycles. The van der Waals surface area contributed by atoms with Crippen LogP contribution in [0.4, 0.5) is 0 Å². The van der Waals surface area contributed by atoms with E-state index in [1.807, 2.05) is 0 Å². The highest BCUT2D eigenvalue weighted by atomic mass is 16.8. The molecule has 0 unspecified atom stereocenters. The van der Waals surface area contributed by atoms with Crippen LogP contribution in [0.15, 0.2) is 0 Å². The van der Waals surface area contributed by atoms with Crippen molar-refractivity contribution in [1.29, 1.82) is 0 Å². The van der Waals surface area contributed by atoms with Gasteiger partial charge in [-0.3, -0.25) is 33.6 Å². The number of aliphatic hydroxyl groups excluding tert-OH is 1. The predicted molar refractivity (Wildman–Crippen MR) is 232 cm³/mol. The molecule has 0 aromatic rings. The van der Waals surface area contributed by atoms with Gasteiger partial charge in [0.2, 0.25) is 0 Å². The summed E-state index contributed by atoms with van der Waals surface area (Å²) in [5, 5.41) is 11.5. The molecule has 0 aliphatic carbocycles. The van der Waals surface area contributed by atoms with E-state index in [4.69, 9.17) is 47.4 Å². The van der Waals surface area contributed by atoms with E-state index in [9.17, 15) is 38.7 Å². The van der Waals surface area contributed by atoms with Crippen molar-refractivity contribution in [2.75, 3.05) is 13.2 Å². The van der Waals surface area contributed by atoms with Gasteiger partial charge in [-0.15, -0.1) is 0 Å². The van der Waals surface area contributed by atoms with Crippen molar-refractivity contribution < 1.29 is 86.0 Å². The van der Waals surface area contributed by atoms with E-state index in [1.165, 1.54) is 0 Å². The lowest BCUT2D eigenvalue weighted by Gasteiger charge is -2.47. The number of aliphatic hydroxyl groups is 1. The molecule has 65 heavy (non-hydrogen) atoms. The summed E-state index contributed by atoms with van der Waals surface area (Å²) < 4.78 is 60.3. The van der Waals surface area contributed by atoms with Gasteiger partial charge in [0, 0.05) is 0 Å². The summed E-state index contributed by atoms with van der Waals surface area (Å²) >= 11 is 0. The summed E-state index contributed by atoms with van der Waals surface area (Å²) in [7, 11) is 0. The van der Waals surface area contributed by atoms with Crippen molar-refractivity contribution in [3.05, 3.63) is 0 Å². The molecule has 2 fully saturated rings. The second-order valence-electron chi connectivity index (χ2n) is 24.0. The van der Waals surface area contributed by atoms with E-state index in [-0.39, 0.29) is 0 Å². The first-order valence-corrected chi connectivity index (χ1v) is 22.0. The molecule has 2 aliphatic rings. The molecule has 0 aromatic heterocycles. The van der Waals surface area contributed by atoms with Crippen LogP contribution in [-0.2, 0) is 80.9 Å². The number of ether oxygens (including phenoxy) is 10. The molecule has 0 amide bonds. The maximum absolute atomic E-state index is 13.8. The molecule has 18 nitrogen and oxygen atoms in total. The van der Waals surface area contributed by atoms with Gasteiger partial charge in [0.05, 0.1) is 44.5 Å². The lowest BCUT2D eigenvalue weighted by atomic mass is 9.92. The molecular weight excluding hydrogens is 852 g/mol. The number of carbonyl (C=O) groups excluding carboxylic acids is 7. The smallest absolute Gasteiger partial charge is 0.311 e. The van der Waals surface area contributed by atoms with Crippen molar-refractivity contribution in [3.63, 3.8) is 0 Å². The second kappa shape index (κ2) is 20.6. The lowest BCUT2D eigenvalue weighted by Crippen LogP contribution is -2.66. The van der Waals surface area contributed by atoms with Crippen LogP contribution < -0.4 is 0 Å². The first-order chi connectivity index (χ1) is 29.0. The Morgan fingerprint density at radius 1 is 0.354 bits per heavy atom. The standard InChI is InChI=1S/C47H78O18/c1-41(2,3)34(49)57-23-25-27(61-36(51)43(7,8)9)29(63-38(53)45(13,14)15)31(65-40(55)47(19,20)21)33(59-25)56-22-24-26(60-35(50)42(4,5)6)28(62-37(52)44(10,11)12)30(32(48)58-24)64-39(54)46(16,17)18/h24-33,48H,22-23H2,1-21H3/t24-,25-,26-,27-,28+,29+,30-,31-,32-,33-/m1/s1. The van der Waals surface area contributed by atoms with Crippen LogP contribution in [0.25, 0.3) is 0 Å². The zero-order valence-corrected chi connectivity index (χ0v) is 42.6. The fraction of sp³-hybridized carbons (Fsp3) is 0.851. The predicted octanol–water partition coefficient (Wildman–Crippen LogP) is 5.78. The maximum Gasteiger partial charge on any atom is 0.311 e. The Hall–Kier alpha value is -3.87. The van der Waals surface area contributed by atoms with Crippen molar-refractivity contribution >= 4 is 41.8 Å². The highest BCUT2D eigenvalue weighted by Gasteiger charge is 2.58. The van der Waals surface area contributed by atoms with Gasteiger partial charge in [0.15, 0.2) is 49.2 Å². The Morgan fingerprint density at radius 2 is 0.615 bits per heavy atom. The van der Waals surface area contributed by atoms with E-state index < -0.39 is 154 Å². The molecule has 0 saturated carbocycles.